The molecular formula is C59H62F2N10O6S. The van der Waals surface area contributed by atoms with E-state index in [2.05, 4.69) is 41.5 Å². The van der Waals surface area contributed by atoms with Gasteiger partial charge in [-0.25, -0.2) is 13.8 Å². The van der Waals surface area contributed by atoms with Crippen LogP contribution >= 0.6 is 11.3 Å². The van der Waals surface area contributed by atoms with Gasteiger partial charge in [0.1, 0.15) is 48.0 Å². The monoisotopic (exact) mass is 1080 g/mol. The zero-order valence-electron chi connectivity index (χ0n) is 44.0. The van der Waals surface area contributed by atoms with E-state index in [1.54, 1.807) is 41.8 Å². The number of aromatic nitrogens is 5. The second kappa shape index (κ2) is 20.9. The molecule has 3 aromatic carbocycles. The molecule has 12 rings (SSSR count). The highest BCUT2D eigenvalue weighted by molar-refractivity contribution is 7.13. The molecule has 0 saturated carbocycles. The van der Waals surface area contributed by atoms with E-state index >= 15 is 8.78 Å². The summed E-state index contributed by atoms with van der Waals surface area (Å²) in [6.45, 7) is 10.5. The summed E-state index contributed by atoms with van der Waals surface area (Å²) in [5.74, 6) is 0.642. The van der Waals surface area contributed by atoms with Crippen molar-refractivity contribution in [1.29, 1.82) is 0 Å². The third kappa shape index (κ3) is 9.49. The fourth-order valence-corrected chi connectivity index (χ4v) is 13.8. The highest BCUT2D eigenvalue weighted by Gasteiger charge is 2.50. The SMILES string of the molecule is C#Cc1c(F)ccc2cccc(-c3ncc4c(N5CC6CCC(C5)N6)nc(OC[C@@]56CCCN5[C@H](COc5cc([C@H](C(=O)N7C[C@H](O)C[C@H]7C(=O)N[C@@H](C)c7ccc(-c8scnc8C)cc7)C(C)C)on5)CC6)nc4c3F)c12. The van der Waals surface area contributed by atoms with Gasteiger partial charge in [0.25, 0.3) is 5.88 Å². The number of piperazine rings is 1. The lowest BCUT2D eigenvalue weighted by Crippen LogP contribution is -2.51. The number of carbonyl (C=O) groups excluding carboxylic acids is 2. The number of aliphatic hydroxyl groups is 1. The summed E-state index contributed by atoms with van der Waals surface area (Å²) in [7, 11) is 0. The van der Waals surface area contributed by atoms with Gasteiger partial charge in [0.05, 0.1) is 44.7 Å². The highest BCUT2D eigenvalue weighted by atomic mass is 32.1. The molecule has 5 saturated heterocycles. The van der Waals surface area contributed by atoms with Gasteiger partial charge >= 0.3 is 6.01 Å². The maximum atomic E-state index is 17.3. The van der Waals surface area contributed by atoms with E-state index in [0.29, 0.717) is 53.0 Å². The molecule has 9 heterocycles. The molecular weight excluding hydrogens is 1010 g/mol. The third-order valence-electron chi connectivity index (χ3n) is 16.9. The molecule has 7 aromatic rings. The molecule has 0 aliphatic carbocycles. The van der Waals surface area contributed by atoms with E-state index in [4.69, 9.17) is 30.4 Å². The van der Waals surface area contributed by atoms with Crippen LogP contribution < -0.4 is 25.0 Å². The second-order valence-corrected chi connectivity index (χ2v) is 23.0. The minimum absolute atomic E-state index is 0.00243. The number of aliphatic hydroxyl groups excluding tert-OH is 1. The number of thiazole rings is 1. The number of likely N-dealkylation sites (tertiary alicyclic amines) is 1. The Kier molecular flexibility index (Phi) is 13.9. The Balaban J connectivity index is 0.731. The molecule has 5 aliphatic rings. The number of nitrogens with zero attached hydrogens (tertiary/aromatic N) is 8. The summed E-state index contributed by atoms with van der Waals surface area (Å²) in [4.78, 5) is 54.3. The number of halogens is 2. The van der Waals surface area contributed by atoms with E-state index in [1.807, 2.05) is 63.5 Å². The molecule has 2 amide bonds. The Morgan fingerprint density at radius 2 is 1.82 bits per heavy atom. The topological polar surface area (TPSA) is 184 Å². The van der Waals surface area contributed by atoms with Crippen molar-refractivity contribution in [2.24, 2.45) is 5.92 Å². The first-order chi connectivity index (χ1) is 37.7. The number of benzene rings is 3. The summed E-state index contributed by atoms with van der Waals surface area (Å²) in [5, 5.41) is 23.4. The average Bonchev–Trinajstić information content (AvgIpc) is 4.41. The van der Waals surface area contributed by atoms with Gasteiger partial charge in [-0.05, 0) is 92.6 Å². The predicted molar refractivity (Wildman–Crippen MR) is 292 cm³/mol. The van der Waals surface area contributed by atoms with Gasteiger partial charge in [-0.1, -0.05) is 68.3 Å². The van der Waals surface area contributed by atoms with Gasteiger partial charge in [-0.15, -0.1) is 17.8 Å². The lowest BCUT2D eigenvalue weighted by Gasteiger charge is -2.35. The third-order valence-corrected chi connectivity index (χ3v) is 17.8. The van der Waals surface area contributed by atoms with Crippen molar-refractivity contribution in [1.82, 2.24) is 45.5 Å². The number of hydrogen-bond donors (Lipinski definition) is 3. The first-order valence-electron chi connectivity index (χ1n) is 27.1. The van der Waals surface area contributed by atoms with Crippen molar-refractivity contribution in [3.05, 3.63) is 107 Å². The standard InChI is InChI=1S/C59H62F2N10O6S/c1-6-42-45(60)18-15-36-9-7-10-43(50(36)42)52-51(61)53-44(25-62-52)55(69-26-38-16-17-39(27-69)65-38)67-58(66-53)76-30-59-20-8-22-71(59)40(19-21-59)29-75-48-24-47(77-68-48)49(32(2)3)57(74)70-28-41(72)23-46(70)56(73)64-33(4)35-11-13-37(14-12-35)54-34(5)63-31-78-54/h1,7,9-15,18,24-25,31-33,38-41,46,49,65,72H,8,16-17,19-23,26-30H2,2-5H3,(H,64,73)/t33-,38?,39?,40-,41+,46-,49+,59-/m0/s1. The molecule has 8 atom stereocenters. The highest BCUT2D eigenvalue weighted by Crippen LogP contribution is 2.44. The average molecular weight is 1080 g/mol. The normalized spacial score (nSPS) is 23.8. The molecule has 78 heavy (non-hydrogen) atoms. The van der Waals surface area contributed by atoms with Gasteiger partial charge in [0.15, 0.2) is 11.6 Å². The van der Waals surface area contributed by atoms with Crippen molar-refractivity contribution in [3.8, 4) is 45.9 Å². The lowest BCUT2D eigenvalue weighted by atomic mass is 9.91. The van der Waals surface area contributed by atoms with Crippen LogP contribution in [-0.2, 0) is 9.59 Å². The Hall–Kier alpha value is -7.11. The Labute approximate surface area is 454 Å². The molecule has 19 heteroatoms. The van der Waals surface area contributed by atoms with Crippen LogP contribution in [0.25, 0.3) is 43.4 Å². The smallest absolute Gasteiger partial charge is 0.319 e. The number of terminal acetylenes is 1. The lowest BCUT2D eigenvalue weighted by molar-refractivity contribution is -0.141. The first kappa shape index (κ1) is 51.6. The summed E-state index contributed by atoms with van der Waals surface area (Å²) in [6.07, 6.45) is 12.2. The Morgan fingerprint density at radius 3 is 2.58 bits per heavy atom. The molecule has 4 aromatic heterocycles. The fourth-order valence-electron chi connectivity index (χ4n) is 12.9. The number of aryl methyl sites for hydroxylation is 1. The summed E-state index contributed by atoms with van der Waals surface area (Å²) in [6, 6.07) is 17.3. The van der Waals surface area contributed by atoms with Crippen molar-refractivity contribution >= 4 is 50.6 Å². The molecule has 5 fully saturated rings. The van der Waals surface area contributed by atoms with Gasteiger partial charge < -0.3 is 39.5 Å². The predicted octanol–water partition coefficient (Wildman–Crippen LogP) is 8.50. The van der Waals surface area contributed by atoms with Crippen LogP contribution in [0.1, 0.15) is 100 Å². The van der Waals surface area contributed by atoms with Crippen molar-refractivity contribution in [2.45, 2.75) is 120 Å². The molecule has 16 nitrogen and oxygen atoms in total. The number of anilines is 1. The van der Waals surface area contributed by atoms with Crippen LogP contribution in [0.3, 0.4) is 0 Å². The second-order valence-electron chi connectivity index (χ2n) is 22.1. The number of ether oxygens (including phenoxy) is 2. The number of rotatable bonds is 15. The number of amides is 2. The van der Waals surface area contributed by atoms with E-state index in [-0.39, 0.29) is 95.7 Å². The molecule has 2 unspecified atom stereocenters. The van der Waals surface area contributed by atoms with Gasteiger partial charge in [0, 0.05) is 67.4 Å². The van der Waals surface area contributed by atoms with Crippen LogP contribution in [-0.4, -0.2) is 127 Å². The number of β-amino-alcohol motifs (C(OH)–C–C–N with tert-alkyl or cyclic N) is 1. The van der Waals surface area contributed by atoms with E-state index < -0.39 is 29.7 Å². The zero-order chi connectivity index (χ0) is 54.0. The maximum Gasteiger partial charge on any atom is 0.319 e. The van der Waals surface area contributed by atoms with E-state index in [1.165, 1.54) is 11.0 Å². The van der Waals surface area contributed by atoms with E-state index in [9.17, 15) is 14.7 Å². The minimum Gasteiger partial charge on any atom is -0.474 e. The van der Waals surface area contributed by atoms with Crippen LogP contribution in [0, 0.1) is 36.8 Å². The largest absolute Gasteiger partial charge is 0.474 e. The molecule has 5 aliphatic heterocycles. The molecule has 3 N–H and O–H groups in total. The van der Waals surface area contributed by atoms with E-state index in [0.717, 1.165) is 66.8 Å². The first-order valence-corrected chi connectivity index (χ1v) is 28.0. The Morgan fingerprint density at radius 1 is 1.01 bits per heavy atom. The summed E-state index contributed by atoms with van der Waals surface area (Å²) < 4.78 is 51.2. The number of carbonyl (C=O) groups is 2. The van der Waals surface area contributed by atoms with Crippen molar-refractivity contribution < 1.29 is 37.5 Å². The van der Waals surface area contributed by atoms with Crippen LogP contribution in [0.4, 0.5) is 14.6 Å². The molecule has 2 bridgehead atoms. The Bertz CT molecular complexity index is 3460. The summed E-state index contributed by atoms with van der Waals surface area (Å²) >= 11 is 1.58. The minimum atomic E-state index is -0.873. The quantitative estimate of drug-likeness (QED) is 0.0831. The van der Waals surface area contributed by atoms with Crippen LogP contribution in [0.15, 0.2) is 76.9 Å². The molecule has 0 spiro atoms. The zero-order valence-corrected chi connectivity index (χ0v) is 44.9. The molecule has 0 radical (unpaired) electrons. The van der Waals surface area contributed by atoms with Gasteiger partial charge in [0.2, 0.25) is 11.8 Å². The molecule has 404 valence electrons. The summed E-state index contributed by atoms with van der Waals surface area (Å²) in [5.41, 5.74) is 4.86. The van der Waals surface area contributed by atoms with Gasteiger partial charge in [-0.3, -0.25) is 19.5 Å². The van der Waals surface area contributed by atoms with Gasteiger partial charge in [-0.2, -0.15) is 9.97 Å². The maximum absolute atomic E-state index is 17.3. The van der Waals surface area contributed by atoms with Crippen LogP contribution in [0.2, 0.25) is 0 Å². The number of hydrogen-bond acceptors (Lipinski definition) is 15. The number of nitrogens with one attached hydrogen (secondary N) is 2. The van der Waals surface area contributed by atoms with Crippen molar-refractivity contribution in [3.63, 3.8) is 0 Å². The number of fused-ring (bicyclic) bond motifs is 5. The fraction of sp³-hybridized carbons (Fsp3) is 0.441. The van der Waals surface area contributed by atoms with Crippen LogP contribution in [0.5, 0.6) is 11.9 Å². The van der Waals surface area contributed by atoms with Crippen molar-refractivity contribution in [2.75, 3.05) is 44.3 Å². The number of pyridine rings is 1.